The van der Waals surface area contributed by atoms with E-state index in [2.05, 4.69) is 21.9 Å². The first-order chi connectivity index (χ1) is 22.6. The maximum atomic E-state index is 13.8. The molecule has 0 aromatic heterocycles. The maximum Gasteiger partial charge on any atom is 0.308 e. The van der Waals surface area contributed by atoms with E-state index in [0.29, 0.717) is 53.5 Å². The van der Waals surface area contributed by atoms with Gasteiger partial charge in [0.05, 0.1) is 25.3 Å². The molecule has 0 spiro atoms. The second-order valence-corrected chi connectivity index (χ2v) is 13.2. The molecule has 5 heterocycles. The van der Waals surface area contributed by atoms with Gasteiger partial charge in [-0.15, -0.1) is 0 Å². The summed E-state index contributed by atoms with van der Waals surface area (Å²) in [6.45, 7) is 5.85. The number of likely N-dealkylation sites (N-methyl/N-ethyl adjacent to an activating group) is 1. The topological polar surface area (TPSA) is 125 Å². The third kappa shape index (κ3) is 4.11. The summed E-state index contributed by atoms with van der Waals surface area (Å²) >= 11 is 0. The summed E-state index contributed by atoms with van der Waals surface area (Å²) in [6.07, 6.45) is 0.954. The van der Waals surface area contributed by atoms with Crippen LogP contribution in [0, 0.1) is 25.2 Å². The molecule has 3 aromatic rings. The van der Waals surface area contributed by atoms with Crippen molar-refractivity contribution in [3.63, 3.8) is 0 Å². The highest BCUT2D eigenvalue weighted by Gasteiger charge is 2.57. The molecule has 47 heavy (non-hydrogen) atoms. The molecule has 1 N–H and O–H groups in total. The number of hydrogen-bond donors (Lipinski definition) is 1. The van der Waals surface area contributed by atoms with E-state index in [1.807, 2.05) is 50.1 Å². The summed E-state index contributed by atoms with van der Waals surface area (Å²) in [5.41, 5.74) is 6.43. The highest BCUT2D eigenvalue weighted by Crippen LogP contribution is 2.58. The summed E-state index contributed by atoms with van der Waals surface area (Å²) in [5.74, 6) is 1.47. The SMILES string of the molecule is COc1c(C)cc2c(c1O)[C@@H]1C3Cc4c(OC(C)=O)c(C)c5c(c4[C@H](CN4Cc6ccccc6C4=O)N3C(C#N)[C@H](C2)N1C)OCO5. The van der Waals surface area contributed by atoms with Crippen molar-refractivity contribution in [1.82, 2.24) is 14.7 Å². The highest BCUT2D eigenvalue weighted by molar-refractivity contribution is 5.98. The average Bonchev–Trinajstić information content (AvgIpc) is 3.65. The van der Waals surface area contributed by atoms with Gasteiger partial charge in [0.1, 0.15) is 11.8 Å². The van der Waals surface area contributed by atoms with Crippen molar-refractivity contribution in [1.29, 1.82) is 5.26 Å². The van der Waals surface area contributed by atoms with Gasteiger partial charge in [-0.2, -0.15) is 5.26 Å². The van der Waals surface area contributed by atoms with Crippen LogP contribution in [0.3, 0.4) is 0 Å². The number of carbonyl (C=O) groups is 2. The average molecular weight is 637 g/mol. The molecule has 3 aromatic carbocycles. The minimum Gasteiger partial charge on any atom is -0.504 e. The fourth-order valence-electron chi connectivity index (χ4n) is 8.96. The number of ether oxygens (including phenoxy) is 4. The predicted molar refractivity (Wildman–Crippen MR) is 169 cm³/mol. The zero-order chi connectivity index (χ0) is 32.9. The Kier molecular flexibility index (Phi) is 6.69. The standard InChI is InChI=1S/C36H36N4O7/c1-17-10-21-11-24-26(13-37)40-25(30(38(24)4)28(21)31(42)32(17)44-5)12-23-29(35-34(45-16-46-35)18(2)33(23)47-19(3)41)27(40)15-39-14-20-8-6-7-9-22(20)36(39)43/h6-10,24-27,30,42H,11-12,14-16H2,1-5H3/t24-,25?,26?,27-,30-/m0/s1. The van der Waals surface area contributed by atoms with Crippen molar-refractivity contribution in [2.24, 2.45) is 0 Å². The van der Waals surface area contributed by atoms with Gasteiger partial charge < -0.3 is 29.0 Å². The van der Waals surface area contributed by atoms with Crippen LogP contribution in [0.5, 0.6) is 28.7 Å². The van der Waals surface area contributed by atoms with Gasteiger partial charge >= 0.3 is 5.97 Å². The summed E-state index contributed by atoms with van der Waals surface area (Å²) in [7, 11) is 3.56. The van der Waals surface area contributed by atoms with E-state index < -0.39 is 18.1 Å². The second kappa shape index (κ2) is 10.6. The Hall–Kier alpha value is -4.79. The molecular formula is C36H36N4O7. The lowest BCUT2D eigenvalue weighted by molar-refractivity contribution is -0.132. The fraction of sp³-hybridized carbons (Fsp3) is 0.417. The number of carbonyl (C=O) groups excluding carboxylic acids is 2. The van der Waals surface area contributed by atoms with Crippen molar-refractivity contribution in [2.45, 2.75) is 70.4 Å². The molecule has 5 aliphatic heterocycles. The lowest BCUT2D eigenvalue weighted by atomic mass is 9.71. The van der Waals surface area contributed by atoms with Crippen LogP contribution in [-0.2, 0) is 24.2 Å². The van der Waals surface area contributed by atoms with E-state index in [1.54, 1.807) is 7.11 Å². The lowest BCUT2D eigenvalue weighted by Crippen LogP contribution is -2.68. The van der Waals surface area contributed by atoms with E-state index in [0.717, 1.165) is 33.4 Å². The van der Waals surface area contributed by atoms with E-state index in [-0.39, 0.29) is 43.1 Å². The number of aromatic hydroxyl groups is 1. The highest BCUT2D eigenvalue weighted by atomic mass is 16.7. The van der Waals surface area contributed by atoms with Crippen LogP contribution in [0.15, 0.2) is 30.3 Å². The maximum absolute atomic E-state index is 13.8. The molecule has 0 radical (unpaired) electrons. The van der Waals surface area contributed by atoms with Crippen LogP contribution in [-0.4, -0.2) is 77.3 Å². The Morgan fingerprint density at radius 2 is 1.85 bits per heavy atom. The van der Waals surface area contributed by atoms with Gasteiger partial charge in [0.15, 0.2) is 23.0 Å². The van der Waals surface area contributed by atoms with E-state index in [9.17, 15) is 20.0 Å². The first kappa shape index (κ1) is 29.6. The lowest BCUT2D eigenvalue weighted by Gasteiger charge is -2.60. The van der Waals surface area contributed by atoms with Crippen molar-refractivity contribution in [3.8, 4) is 34.8 Å². The zero-order valence-corrected chi connectivity index (χ0v) is 27.0. The second-order valence-electron chi connectivity index (χ2n) is 13.2. The normalized spacial score (nSPS) is 25.4. The van der Waals surface area contributed by atoms with Gasteiger partial charge in [-0.05, 0) is 56.5 Å². The minimum absolute atomic E-state index is 0.00638. The molecule has 0 aliphatic carbocycles. The number of piperazine rings is 1. The Morgan fingerprint density at radius 1 is 1.09 bits per heavy atom. The number of esters is 1. The van der Waals surface area contributed by atoms with Crippen molar-refractivity contribution in [2.75, 3.05) is 27.5 Å². The van der Waals surface area contributed by atoms with Crippen LogP contribution in [0.2, 0.25) is 0 Å². The Bertz CT molecular complexity index is 1920. The fourth-order valence-corrected chi connectivity index (χ4v) is 8.96. The number of hydrogen-bond acceptors (Lipinski definition) is 10. The molecule has 1 amide bonds. The van der Waals surface area contributed by atoms with E-state index >= 15 is 0 Å². The molecule has 1 saturated heterocycles. The zero-order valence-electron chi connectivity index (χ0n) is 27.0. The van der Waals surface area contributed by atoms with Crippen LogP contribution in [0.1, 0.15) is 68.3 Å². The number of methoxy groups -OCH3 is 1. The van der Waals surface area contributed by atoms with Crippen LogP contribution in [0.4, 0.5) is 0 Å². The molecule has 11 heteroatoms. The molecule has 8 rings (SSSR count). The first-order valence-electron chi connectivity index (χ1n) is 15.9. The predicted octanol–water partition coefficient (Wildman–Crippen LogP) is 4.10. The Labute approximate surface area is 272 Å². The van der Waals surface area contributed by atoms with Crippen LogP contribution < -0.4 is 18.9 Å². The number of nitrogens with zero attached hydrogens (tertiary/aromatic N) is 4. The van der Waals surface area contributed by atoms with Crippen molar-refractivity contribution >= 4 is 11.9 Å². The Morgan fingerprint density at radius 3 is 2.57 bits per heavy atom. The van der Waals surface area contributed by atoms with Crippen molar-refractivity contribution < 1.29 is 33.6 Å². The third-order valence-electron chi connectivity index (χ3n) is 10.8. The molecular weight excluding hydrogens is 600 g/mol. The number of phenolic OH excluding ortho intramolecular Hbond substituents is 1. The molecule has 0 saturated carbocycles. The summed E-state index contributed by atoms with van der Waals surface area (Å²) in [6, 6.07) is 10.4. The summed E-state index contributed by atoms with van der Waals surface area (Å²) in [4.78, 5) is 32.6. The van der Waals surface area contributed by atoms with Gasteiger partial charge in [0.2, 0.25) is 6.79 Å². The van der Waals surface area contributed by atoms with E-state index in [4.69, 9.17) is 18.9 Å². The first-order valence-corrected chi connectivity index (χ1v) is 15.9. The largest absolute Gasteiger partial charge is 0.504 e. The smallest absolute Gasteiger partial charge is 0.308 e. The number of aryl methyl sites for hydroxylation is 1. The third-order valence-corrected chi connectivity index (χ3v) is 10.8. The van der Waals surface area contributed by atoms with Crippen LogP contribution in [0.25, 0.3) is 0 Å². The number of amides is 1. The van der Waals surface area contributed by atoms with Gasteiger partial charge in [0.25, 0.3) is 5.91 Å². The number of benzene rings is 3. The monoisotopic (exact) mass is 636 g/mol. The number of nitriles is 1. The molecule has 5 atom stereocenters. The molecule has 2 unspecified atom stereocenters. The summed E-state index contributed by atoms with van der Waals surface area (Å²) in [5, 5.41) is 22.7. The molecule has 242 valence electrons. The summed E-state index contributed by atoms with van der Waals surface area (Å²) < 4.78 is 23.7. The van der Waals surface area contributed by atoms with Gasteiger partial charge in [0, 0.05) is 59.9 Å². The number of rotatable bonds is 4. The van der Waals surface area contributed by atoms with Gasteiger partial charge in [-0.3, -0.25) is 19.4 Å². The van der Waals surface area contributed by atoms with Crippen LogP contribution >= 0.6 is 0 Å². The Balaban J connectivity index is 1.36. The molecule has 1 fully saturated rings. The van der Waals surface area contributed by atoms with Gasteiger partial charge in [-0.25, -0.2) is 0 Å². The minimum atomic E-state index is -0.561. The molecule has 2 bridgehead atoms. The number of phenols is 1. The number of fused-ring (bicyclic) bond motifs is 10. The van der Waals surface area contributed by atoms with Gasteiger partial charge in [-0.1, -0.05) is 24.3 Å². The van der Waals surface area contributed by atoms with E-state index in [1.165, 1.54) is 6.92 Å². The van der Waals surface area contributed by atoms with Crippen molar-refractivity contribution in [3.05, 3.63) is 74.8 Å². The molecule has 11 nitrogen and oxygen atoms in total. The molecule has 5 aliphatic rings. The quantitative estimate of drug-likeness (QED) is 0.331.